The number of hydrogen-bond donors (Lipinski definition) is 2. The number of aryl methyl sites for hydroxylation is 1. The number of carbonyl (C=O) groups excluding carboxylic acids is 1. The van der Waals surface area contributed by atoms with Crippen LogP contribution in [0.5, 0.6) is 0 Å². The zero-order valence-corrected chi connectivity index (χ0v) is 14.1. The number of para-hydroxylation sites is 2. The fourth-order valence-corrected chi connectivity index (χ4v) is 3.70. The highest BCUT2D eigenvalue weighted by Crippen LogP contribution is 2.41. The van der Waals surface area contributed by atoms with Crippen LogP contribution in [0.15, 0.2) is 59.8 Å². The highest BCUT2D eigenvalue weighted by molar-refractivity contribution is 6.00. The molecule has 2 atom stereocenters. The Labute approximate surface area is 142 Å². The molecule has 0 fully saturated rings. The maximum absolute atomic E-state index is 12.9. The quantitative estimate of drug-likeness (QED) is 0.791. The van der Waals surface area contributed by atoms with E-state index in [0.29, 0.717) is 12.3 Å². The lowest BCUT2D eigenvalue weighted by Gasteiger charge is -2.28. The molecule has 0 bridgehead atoms. The zero-order valence-electron chi connectivity index (χ0n) is 14.1. The van der Waals surface area contributed by atoms with Gasteiger partial charge in [0.25, 0.3) is 0 Å². The van der Waals surface area contributed by atoms with Crippen molar-refractivity contribution in [3.8, 4) is 0 Å². The van der Waals surface area contributed by atoms with E-state index in [0.717, 1.165) is 34.6 Å². The number of carbonyl (C=O) groups is 1. The van der Waals surface area contributed by atoms with E-state index in [-0.39, 0.29) is 11.8 Å². The van der Waals surface area contributed by atoms with Crippen LogP contribution in [0.1, 0.15) is 36.9 Å². The van der Waals surface area contributed by atoms with Gasteiger partial charge in [-0.15, -0.1) is 0 Å². The Morgan fingerprint density at radius 3 is 2.42 bits per heavy atom. The molecule has 3 heteroatoms. The van der Waals surface area contributed by atoms with E-state index in [1.807, 2.05) is 12.1 Å². The van der Waals surface area contributed by atoms with Gasteiger partial charge in [0.1, 0.15) is 0 Å². The van der Waals surface area contributed by atoms with Crippen LogP contribution < -0.4 is 10.6 Å². The number of Topliss-reactive ketones (excluding diaryl/α,β-unsaturated/α-hetero) is 1. The van der Waals surface area contributed by atoms with Gasteiger partial charge >= 0.3 is 0 Å². The van der Waals surface area contributed by atoms with E-state index in [2.05, 4.69) is 60.9 Å². The van der Waals surface area contributed by atoms with Gasteiger partial charge in [-0.2, -0.15) is 0 Å². The highest BCUT2D eigenvalue weighted by atomic mass is 16.1. The van der Waals surface area contributed by atoms with Crippen LogP contribution in [0.2, 0.25) is 0 Å². The molecule has 1 aliphatic carbocycles. The highest BCUT2D eigenvalue weighted by Gasteiger charge is 2.34. The molecule has 0 amide bonds. The van der Waals surface area contributed by atoms with Gasteiger partial charge in [0.05, 0.1) is 17.4 Å². The predicted octanol–water partition coefficient (Wildman–Crippen LogP) is 4.83. The SMILES string of the molecule is Cc1ccc([C@H]2Nc3ccccc3NC3=C2C(=O)C[C@H](C)C3)cc1. The van der Waals surface area contributed by atoms with Crippen LogP contribution >= 0.6 is 0 Å². The number of anilines is 2. The minimum absolute atomic E-state index is 0.100. The summed E-state index contributed by atoms with van der Waals surface area (Å²) >= 11 is 0. The molecule has 4 rings (SSSR count). The second-order valence-corrected chi connectivity index (χ2v) is 6.99. The summed E-state index contributed by atoms with van der Waals surface area (Å²) in [6.45, 7) is 4.23. The standard InChI is InChI=1S/C21H22N2O/c1-13-7-9-15(10-8-13)21-20-18(11-14(2)12-19(20)24)22-16-5-3-4-6-17(16)23-21/h3-10,14,21-23H,11-12H2,1-2H3/t14-,21-/m1/s1. The summed E-state index contributed by atoms with van der Waals surface area (Å²) in [4.78, 5) is 12.9. The maximum atomic E-state index is 12.9. The lowest BCUT2D eigenvalue weighted by Crippen LogP contribution is -2.26. The lowest BCUT2D eigenvalue weighted by atomic mass is 9.82. The van der Waals surface area contributed by atoms with Crippen molar-refractivity contribution >= 4 is 17.2 Å². The van der Waals surface area contributed by atoms with Crippen molar-refractivity contribution in [2.45, 2.75) is 32.7 Å². The van der Waals surface area contributed by atoms with Crippen molar-refractivity contribution in [2.75, 3.05) is 10.6 Å². The molecule has 1 heterocycles. The third-order valence-electron chi connectivity index (χ3n) is 4.92. The Kier molecular flexibility index (Phi) is 3.64. The normalized spacial score (nSPS) is 22.8. The van der Waals surface area contributed by atoms with Gasteiger partial charge in [0.15, 0.2) is 5.78 Å². The van der Waals surface area contributed by atoms with Crippen LogP contribution in [0.4, 0.5) is 11.4 Å². The minimum Gasteiger partial charge on any atom is -0.372 e. The van der Waals surface area contributed by atoms with Crippen LogP contribution in [0, 0.1) is 12.8 Å². The molecule has 122 valence electrons. The van der Waals surface area contributed by atoms with Gasteiger partial charge in [0.2, 0.25) is 0 Å². The van der Waals surface area contributed by atoms with Gasteiger partial charge in [-0.3, -0.25) is 4.79 Å². The minimum atomic E-state index is -0.100. The van der Waals surface area contributed by atoms with E-state index in [1.54, 1.807) is 0 Å². The summed E-state index contributed by atoms with van der Waals surface area (Å²) < 4.78 is 0. The molecule has 3 nitrogen and oxygen atoms in total. The number of allylic oxidation sites excluding steroid dienone is 1. The molecule has 2 aromatic carbocycles. The molecule has 24 heavy (non-hydrogen) atoms. The van der Waals surface area contributed by atoms with Crippen molar-refractivity contribution < 1.29 is 4.79 Å². The molecule has 0 unspecified atom stereocenters. The number of ketones is 1. The van der Waals surface area contributed by atoms with Crippen LogP contribution in [0.25, 0.3) is 0 Å². The first-order valence-electron chi connectivity index (χ1n) is 8.57. The third-order valence-corrected chi connectivity index (χ3v) is 4.92. The molecule has 2 aliphatic rings. The summed E-state index contributed by atoms with van der Waals surface area (Å²) in [7, 11) is 0. The second kappa shape index (κ2) is 5.82. The fraction of sp³-hybridized carbons (Fsp3) is 0.286. The van der Waals surface area contributed by atoms with Crippen molar-refractivity contribution in [1.82, 2.24) is 0 Å². The van der Waals surface area contributed by atoms with Crippen LogP contribution in [-0.4, -0.2) is 5.78 Å². The van der Waals surface area contributed by atoms with Gasteiger partial charge in [-0.05, 0) is 37.0 Å². The van der Waals surface area contributed by atoms with Crippen molar-refractivity contribution in [3.63, 3.8) is 0 Å². The van der Waals surface area contributed by atoms with E-state index < -0.39 is 0 Å². The molecular weight excluding hydrogens is 296 g/mol. The largest absolute Gasteiger partial charge is 0.372 e. The Bertz CT molecular complexity index is 820. The van der Waals surface area contributed by atoms with Crippen molar-refractivity contribution in [3.05, 3.63) is 70.9 Å². The molecule has 2 N–H and O–H groups in total. The summed E-state index contributed by atoms with van der Waals surface area (Å²) in [5, 5.41) is 7.13. The molecule has 0 aromatic heterocycles. The van der Waals surface area contributed by atoms with Crippen molar-refractivity contribution in [1.29, 1.82) is 0 Å². The summed E-state index contributed by atoms with van der Waals surface area (Å²) in [5.74, 6) is 0.634. The fourth-order valence-electron chi connectivity index (χ4n) is 3.70. The summed E-state index contributed by atoms with van der Waals surface area (Å²) in [6, 6.07) is 16.5. The van der Waals surface area contributed by atoms with E-state index in [1.165, 1.54) is 5.56 Å². The van der Waals surface area contributed by atoms with Crippen molar-refractivity contribution in [2.24, 2.45) is 5.92 Å². The number of nitrogens with one attached hydrogen (secondary N) is 2. The Morgan fingerprint density at radius 1 is 0.958 bits per heavy atom. The molecule has 0 spiro atoms. The van der Waals surface area contributed by atoms with Gasteiger partial charge < -0.3 is 10.6 Å². The summed E-state index contributed by atoms with van der Waals surface area (Å²) in [5.41, 5.74) is 6.41. The average molecular weight is 318 g/mol. The Morgan fingerprint density at radius 2 is 1.67 bits per heavy atom. The number of fused-ring (bicyclic) bond motifs is 1. The molecule has 1 aliphatic heterocycles. The molecule has 2 aromatic rings. The van der Waals surface area contributed by atoms with Crippen LogP contribution in [0.3, 0.4) is 0 Å². The predicted molar refractivity (Wildman–Crippen MR) is 98.0 cm³/mol. The van der Waals surface area contributed by atoms with E-state index in [9.17, 15) is 4.79 Å². The first-order valence-corrected chi connectivity index (χ1v) is 8.57. The monoisotopic (exact) mass is 318 g/mol. The average Bonchev–Trinajstić information content (AvgIpc) is 2.72. The Balaban J connectivity index is 1.87. The first-order chi connectivity index (χ1) is 11.6. The maximum Gasteiger partial charge on any atom is 0.163 e. The number of benzene rings is 2. The number of rotatable bonds is 1. The van der Waals surface area contributed by atoms with E-state index >= 15 is 0 Å². The second-order valence-electron chi connectivity index (χ2n) is 6.99. The molecule has 0 saturated carbocycles. The Hall–Kier alpha value is -2.55. The van der Waals surface area contributed by atoms with E-state index in [4.69, 9.17) is 0 Å². The molecule has 0 radical (unpaired) electrons. The first kappa shape index (κ1) is 15.0. The molecule has 0 saturated heterocycles. The topological polar surface area (TPSA) is 41.1 Å². The molecular formula is C21H22N2O. The third kappa shape index (κ3) is 2.60. The number of hydrogen-bond acceptors (Lipinski definition) is 3. The van der Waals surface area contributed by atoms with Gasteiger partial charge in [-0.25, -0.2) is 0 Å². The van der Waals surface area contributed by atoms with Gasteiger partial charge in [0, 0.05) is 17.7 Å². The summed E-state index contributed by atoms with van der Waals surface area (Å²) in [6.07, 6.45) is 1.54. The van der Waals surface area contributed by atoms with Crippen LogP contribution in [-0.2, 0) is 4.79 Å². The smallest absolute Gasteiger partial charge is 0.163 e. The van der Waals surface area contributed by atoms with Gasteiger partial charge in [-0.1, -0.05) is 48.9 Å². The lowest BCUT2D eigenvalue weighted by molar-refractivity contribution is -0.117. The zero-order chi connectivity index (χ0) is 16.7.